The van der Waals surface area contributed by atoms with Gasteiger partial charge in [-0.2, -0.15) is 0 Å². The number of hydrogen-bond donors (Lipinski definition) is 1. The summed E-state index contributed by atoms with van der Waals surface area (Å²) in [4.78, 5) is 0. The number of benzene rings is 2. The first-order valence-corrected chi connectivity index (χ1v) is 6.78. The van der Waals surface area contributed by atoms with E-state index in [1.807, 2.05) is 12.1 Å². The van der Waals surface area contributed by atoms with Crippen LogP contribution in [0, 0.1) is 5.82 Å². The summed E-state index contributed by atoms with van der Waals surface area (Å²) in [7, 11) is 3.16. The van der Waals surface area contributed by atoms with Crippen molar-refractivity contribution in [1.82, 2.24) is 0 Å². The smallest absolute Gasteiger partial charge is 0.137 e. The lowest BCUT2D eigenvalue weighted by Gasteiger charge is -2.17. The van der Waals surface area contributed by atoms with E-state index >= 15 is 0 Å². The number of ether oxygens (including phenoxy) is 2. The minimum absolute atomic E-state index is 0.317. The fourth-order valence-electron chi connectivity index (χ4n) is 1.96. The van der Waals surface area contributed by atoms with E-state index in [1.54, 1.807) is 32.4 Å². The van der Waals surface area contributed by atoms with Crippen molar-refractivity contribution in [3.63, 3.8) is 0 Å². The van der Waals surface area contributed by atoms with Crippen LogP contribution in [0.2, 0.25) is 0 Å². The van der Waals surface area contributed by atoms with Gasteiger partial charge in [0.1, 0.15) is 17.3 Å². The van der Waals surface area contributed by atoms with Gasteiger partial charge in [-0.3, -0.25) is 0 Å². The number of rotatable bonds is 4. The van der Waals surface area contributed by atoms with Gasteiger partial charge < -0.3 is 15.2 Å². The first-order valence-electron chi connectivity index (χ1n) is 5.99. The van der Waals surface area contributed by atoms with Crippen molar-refractivity contribution in [3.05, 3.63) is 57.8 Å². The molecule has 3 nitrogen and oxygen atoms in total. The van der Waals surface area contributed by atoms with E-state index < -0.39 is 6.04 Å². The minimum Gasteiger partial charge on any atom is -0.497 e. The highest BCUT2D eigenvalue weighted by Gasteiger charge is 2.16. The van der Waals surface area contributed by atoms with E-state index in [2.05, 4.69) is 15.9 Å². The second-order valence-corrected chi connectivity index (χ2v) is 5.11. The molecule has 2 aromatic carbocycles. The van der Waals surface area contributed by atoms with Gasteiger partial charge in [0, 0.05) is 11.6 Å². The molecule has 0 saturated heterocycles. The third-order valence-corrected chi connectivity index (χ3v) is 3.69. The SMILES string of the molecule is COc1ccc(C(N)c2ccc(F)c(Br)c2)c(OC)c1. The summed E-state index contributed by atoms with van der Waals surface area (Å²) in [6.07, 6.45) is 0. The zero-order valence-corrected chi connectivity index (χ0v) is 12.8. The minimum atomic E-state index is -0.409. The monoisotopic (exact) mass is 339 g/mol. The molecule has 0 aliphatic rings. The Bertz CT molecular complexity index is 619. The molecule has 0 aromatic heterocycles. The van der Waals surface area contributed by atoms with Crippen LogP contribution >= 0.6 is 15.9 Å². The quantitative estimate of drug-likeness (QED) is 0.924. The number of hydrogen-bond acceptors (Lipinski definition) is 3. The van der Waals surface area contributed by atoms with Crippen molar-refractivity contribution in [3.8, 4) is 11.5 Å². The lowest BCUT2D eigenvalue weighted by atomic mass is 9.98. The zero-order valence-electron chi connectivity index (χ0n) is 11.2. The summed E-state index contributed by atoms with van der Waals surface area (Å²) >= 11 is 3.16. The number of methoxy groups -OCH3 is 2. The molecule has 0 heterocycles. The van der Waals surface area contributed by atoms with Crippen LogP contribution in [0.1, 0.15) is 17.2 Å². The predicted molar refractivity (Wildman–Crippen MR) is 79.7 cm³/mol. The lowest BCUT2D eigenvalue weighted by Crippen LogP contribution is -2.13. The van der Waals surface area contributed by atoms with Crippen molar-refractivity contribution < 1.29 is 13.9 Å². The van der Waals surface area contributed by atoms with Gasteiger partial charge in [-0.15, -0.1) is 0 Å². The molecular formula is C15H15BrFNO2. The van der Waals surface area contributed by atoms with Gasteiger partial charge in [-0.05, 0) is 45.8 Å². The van der Waals surface area contributed by atoms with E-state index in [9.17, 15) is 4.39 Å². The molecule has 0 saturated carbocycles. The van der Waals surface area contributed by atoms with Crippen LogP contribution in [0.5, 0.6) is 11.5 Å². The second-order valence-electron chi connectivity index (χ2n) is 4.26. The van der Waals surface area contributed by atoms with Gasteiger partial charge in [0.2, 0.25) is 0 Å². The van der Waals surface area contributed by atoms with Crippen molar-refractivity contribution in [2.45, 2.75) is 6.04 Å². The summed E-state index contributed by atoms with van der Waals surface area (Å²) in [5, 5.41) is 0. The van der Waals surface area contributed by atoms with Crippen LogP contribution in [0.15, 0.2) is 40.9 Å². The van der Waals surface area contributed by atoms with Gasteiger partial charge in [-0.1, -0.05) is 6.07 Å². The van der Waals surface area contributed by atoms with Crippen molar-refractivity contribution in [2.75, 3.05) is 14.2 Å². The number of nitrogens with two attached hydrogens (primary N) is 1. The molecule has 0 spiro atoms. The fraction of sp³-hybridized carbons (Fsp3) is 0.200. The maximum Gasteiger partial charge on any atom is 0.137 e. The van der Waals surface area contributed by atoms with Crippen molar-refractivity contribution >= 4 is 15.9 Å². The highest BCUT2D eigenvalue weighted by atomic mass is 79.9. The average molecular weight is 340 g/mol. The van der Waals surface area contributed by atoms with Crippen LogP contribution in [0.25, 0.3) is 0 Å². The molecule has 2 rings (SSSR count). The van der Waals surface area contributed by atoms with E-state index in [1.165, 1.54) is 6.07 Å². The predicted octanol–water partition coefficient (Wildman–Crippen LogP) is 3.65. The summed E-state index contributed by atoms with van der Waals surface area (Å²) in [6.45, 7) is 0. The average Bonchev–Trinajstić information content (AvgIpc) is 2.48. The highest BCUT2D eigenvalue weighted by Crippen LogP contribution is 2.32. The largest absolute Gasteiger partial charge is 0.497 e. The molecule has 2 N–H and O–H groups in total. The maximum atomic E-state index is 13.3. The van der Waals surface area contributed by atoms with Gasteiger partial charge >= 0.3 is 0 Å². The Balaban J connectivity index is 2.41. The Morgan fingerprint density at radius 1 is 1.10 bits per heavy atom. The molecule has 2 aromatic rings. The fourth-order valence-corrected chi connectivity index (χ4v) is 2.36. The van der Waals surface area contributed by atoms with E-state index in [0.717, 1.165) is 11.1 Å². The molecular weight excluding hydrogens is 325 g/mol. The van der Waals surface area contributed by atoms with Crippen LogP contribution < -0.4 is 15.2 Å². The van der Waals surface area contributed by atoms with Gasteiger partial charge in [0.25, 0.3) is 0 Å². The maximum absolute atomic E-state index is 13.3. The zero-order chi connectivity index (χ0) is 14.7. The molecule has 1 atom stereocenters. The summed E-state index contributed by atoms with van der Waals surface area (Å²) in [6, 6.07) is 9.74. The van der Waals surface area contributed by atoms with Gasteiger partial charge in [0.05, 0.1) is 24.7 Å². The molecule has 0 aliphatic carbocycles. The van der Waals surface area contributed by atoms with Gasteiger partial charge in [-0.25, -0.2) is 4.39 Å². The first-order chi connectivity index (χ1) is 9.56. The Morgan fingerprint density at radius 2 is 1.85 bits per heavy atom. The third kappa shape index (κ3) is 2.94. The lowest BCUT2D eigenvalue weighted by molar-refractivity contribution is 0.390. The summed E-state index contributed by atoms with van der Waals surface area (Å²) in [5.74, 6) is 1.01. The molecule has 0 amide bonds. The Labute approximate surface area is 125 Å². The molecule has 5 heteroatoms. The number of halogens is 2. The second kappa shape index (κ2) is 6.24. The topological polar surface area (TPSA) is 44.5 Å². The standard InChI is InChI=1S/C15H15BrFNO2/c1-19-10-4-5-11(14(8-10)20-2)15(18)9-3-6-13(17)12(16)7-9/h3-8,15H,18H2,1-2H3. The van der Waals surface area contributed by atoms with E-state index in [0.29, 0.717) is 16.0 Å². The Hall–Kier alpha value is -1.59. The summed E-state index contributed by atoms with van der Waals surface area (Å²) < 4.78 is 24.2. The Kier molecular flexibility index (Phi) is 4.62. The molecule has 106 valence electrons. The molecule has 0 radical (unpaired) electrons. The Morgan fingerprint density at radius 3 is 2.45 bits per heavy atom. The third-order valence-electron chi connectivity index (χ3n) is 3.08. The first kappa shape index (κ1) is 14.8. The van der Waals surface area contributed by atoms with Crippen LogP contribution in [0.3, 0.4) is 0 Å². The molecule has 1 unspecified atom stereocenters. The molecule has 0 fully saturated rings. The molecule has 0 aliphatic heterocycles. The molecule has 0 bridgehead atoms. The van der Waals surface area contributed by atoms with Crippen LogP contribution in [-0.2, 0) is 0 Å². The van der Waals surface area contributed by atoms with Crippen molar-refractivity contribution in [2.24, 2.45) is 5.73 Å². The molecule has 20 heavy (non-hydrogen) atoms. The van der Waals surface area contributed by atoms with E-state index in [4.69, 9.17) is 15.2 Å². The highest BCUT2D eigenvalue weighted by molar-refractivity contribution is 9.10. The van der Waals surface area contributed by atoms with E-state index in [-0.39, 0.29) is 5.82 Å². The van der Waals surface area contributed by atoms with Crippen LogP contribution in [-0.4, -0.2) is 14.2 Å². The van der Waals surface area contributed by atoms with Crippen LogP contribution in [0.4, 0.5) is 4.39 Å². The summed E-state index contributed by atoms with van der Waals surface area (Å²) in [5.41, 5.74) is 7.84. The normalized spacial score (nSPS) is 12.1. The van der Waals surface area contributed by atoms with Crippen molar-refractivity contribution in [1.29, 1.82) is 0 Å². The van der Waals surface area contributed by atoms with Gasteiger partial charge in [0.15, 0.2) is 0 Å².